The summed E-state index contributed by atoms with van der Waals surface area (Å²) in [7, 11) is 1.84. The summed E-state index contributed by atoms with van der Waals surface area (Å²) in [5.41, 5.74) is 2.50. The van der Waals surface area contributed by atoms with Crippen LogP contribution in [0.4, 0.5) is 0 Å². The van der Waals surface area contributed by atoms with Crippen molar-refractivity contribution in [2.45, 2.75) is 51.1 Å². The Labute approximate surface area is 180 Å². The summed E-state index contributed by atoms with van der Waals surface area (Å²) in [6.45, 7) is 7.52. The fourth-order valence-electron chi connectivity index (χ4n) is 4.19. The van der Waals surface area contributed by atoms with Crippen molar-refractivity contribution < 1.29 is 4.74 Å². The van der Waals surface area contributed by atoms with Crippen molar-refractivity contribution in [3.8, 4) is 0 Å². The van der Waals surface area contributed by atoms with Crippen molar-refractivity contribution >= 4 is 29.9 Å². The molecule has 7 heteroatoms. The van der Waals surface area contributed by atoms with Gasteiger partial charge in [-0.05, 0) is 31.4 Å². The Hall–Kier alpha value is -0.930. The number of halogens is 1. The minimum absolute atomic E-state index is 0. The van der Waals surface area contributed by atoms with Crippen molar-refractivity contribution in [3.63, 3.8) is 0 Å². The van der Waals surface area contributed by atoms with Crippen LogP contribution in [-0.2, 0) is 11.3 Å². The predicted octanol–water partition coefficient (Wildman–Crippen LogP) is 2.71. The number of rotatable bonds is 5. The maximum absolute atomic E-state index is 5.58. The zero-order valence-electron chi connectivity index (χ0n) is 16.7. The Morgan fingerprint density at radius 2 is 1.96 bits per heavy atom. The first kappa shape index (κ1) is 22.4. The van der Waals surface area contributed by atoms with Gasteiger partial charge in [-0.25, -0.2) is 0 Å². The summed E-state index contributed by atoms with van der Waals surface area (Å²) < 4.78 is 5.58. The van der Waals surface area contributed by atoms with Gasteiger partial charge in [0, 0.05) is 38.4 Å². The number of ether oxygens (including phenoxy) is 1. The van der Waals surface area contributed by atoms with E-state index in [4.69, 9.17) is 4.74 Å². The number of hydrogen-bond donors (Lipinski definition) is 2. The number of aryl methyl sites for hydroxylation is 1. The highest BCUT2D eigenvalue weighted by Gasteiger charge is 2.38. The van der Waals surface area contributed by atoms with Crippen LogP contribution in [0.15, 0.2) is 23.3 Å². The maximum Gasteiger partial charge on any atom is 0.191 e. The van der Waals surface area contributed by atoms with Gasteiger partial charge in [0.15, 0.2) is 5.96 Å². The number of nitrogens with one attached hydrogen (secondary N) is 2. The summed E-state index contributed by atoms with van der Waals surface area (Å²) in [4.78, 5) is 11.5. The van der Waals surface area contributed by atoms with E-state index >= 15 is 0 Å². The molecule has 3 rings (SSSR count). The van der Waals surface area contributed by atoms with Crippen LogP contribution in [0.1, 0.15) is 43.4 Å². The Kier molecular flexibility index (Phi) is 9.25. The third kappa shape index (κ3) is 6.02. The van der Waals surface area contributed by atoms with E-state index in [0.717, 1.165) is 44.5 Å². The molecule has 1 aliphatic carbocycles. The lowest BCUT2D eigenvalue weighted by atomic mass is 9.80. The van der Waals surface area contributed by atoms with Gasteiger partial charge in [0.25, 0.3) is 0 Å². The van der Waals surface area contributed by atoms with E-state index in [1.54, 1.807) is 0 Å². The van der Waals surface area contributed by atoms with Crippen LogP contribution in [0, 0.1) is 6.92 Å². The first-order chi connectivity index (χ1) is 12.7. The molecule has 1 saturated heterocycles. The molecule has 0 bridgehead atoms. The number of aromatic nitrogens is 1. The molecule has 0 atom stereocenters. The van der Waals surface area contributed by atoms with E-state index in [0.29, 0.717) is 6.54 Å². The molecule has 2 heterocycles. The predicted molar refractivity (Wildman–Crippen MR) is 121 cm³/mol. The van der Waals surface area contributed by atoms with Gasteiger partial charge in [-0.3, -0.25) is 14.9 Å². The van der Waals surface area contributed by atoms with E-state index in [1.165, 1.54) is 37.7 Å². The molecule has 2 aliphatic rings. The average Bonchev–Trinajstić information content (AvgIpc) is 2.71. The minimum Gasteiger partial charge on any atom is -0.379 e. The molecule has 0 amide bonds. The van der Waals surface area contributed by atoms with Crippen molar-refractivity contribution in [2.24, 2.45) is 4.99 Å². The Bertz CT molecular complexity index is 598. The second-order valence-corrected chi connectivity index (χ2v) is 7.43. The summed E-state index contributed by atoms with van der Waals surface area (Å²) in [6, 6.07) is 4.07. The summed E-state index contributed by atoms with van der Waals surface area (Å²) in [5, 5.41) is 7.02. The molecular formula is C20H34IN5O. The van der Waals surface area contributed by atoms with E-state index in [1.807, 2.05) is 19.3 Å². The van der Waals surface area contributed by atoms with Gasteiger partial charge < -0.3 is 15.4 Å². The molecule has 27 heavy (non-hydrogen) atoms. The largest absolute Gasteiger partial charge is 0.379 e. The highest BCUT2D eigenvalue weighted by Crippen LogP contribution is 2.33. The van der Waals surface area contributed by atoms with Gasteiger partial charge in [0.1, 0.15) is 0 Å². The topological polar surface area (TPSA) is 61.8 Å². The van der Waals surface area contributed by atoms with Crippen LogP contribution in [0.2, 0.25) is 0 Å². The monoisotopic (exact) mass is 487 g/mol. The molecule has 2 fully saturated rings. The van der Waals surface area contributed by atoms with Crippen LogP contribution in [0.3, 0.4) is 0 Å². The van der Waals surface area contributed by atoms with Crippen LogP contribution < -0.4 is 10.6 Å². The third-order valence-electron chi connectivity index (χ3n) is 5.82. The van der Waals surface area contributed by atoms with Crippen LogP contribution in [0.5, 0.6) is 0 Å². The smallest absolute Gasteiger partial charge is 0.191 e. The van der Waals surface area contributed by atoms with Gasteiger partial charge >= 0.3 is 0 Å². The number of morpholine rings is 1. The standard InChI is InChI=1S/C20H33N5O.HI/c1-17-7-6-10-22-18(17)15-23-19(21-2)24-16-20(8-4-3-5-9-20)25-11-13-26-14-12-25;/h6-7,10H,3-5,8-9,11-16H2,1-2H3,(H2,21,23,24);1H. The van der Waals surface area contributed by atoms with Gasteiger partial charge in [0.05, 0.1) is 25.5 Å². The SMILES string of the molecule is CN=C(NCc1ncccc1C)NCC1(N2CCOCC2)CCCCC1.I. The van der Waals surface area contributed by atoms with Gasteiger partial charge in [-0.1, -0.05) is 25.3 Å². The lowest BCUT2D eigenvalue weighted by molar-refractivity contribution is -0.0352. The van der Waals surface area contributed by atoms with Crippen LogP contribution >= 0.6 is 24.0 Å². The second kappa shape index (κ2) is 11.2. The normalized spacial score (nSPS) is 20.6. The molecule has 152 valence electrons. The molecule has 0 radical (unpaired) electrons. The molecule has 1 aliphatic heterocycles. The fraction of sp³-hybridized carbons (Fsp3) is 0.700. The first-order valence-electron chi connectivity index (χ1n) is 9.91. The van der Waals surface area contributed by atoms with Gasteiger partial charge in [-0.2, -0.15) is 0 Å². The highest BCUT2D eigenvalue weighted by molar-refractivity contribution is 14.0. The fourth-order valence-corrected chi connectivity index (χ4v) is 4.19. The molecule has 2 N–H and O–H groups in total. The third-order valence-corrected chi connectivity index (χ3v) is 5.82. The Morgan fingerprint density at radius 1 is 1.22 bits per heavy atom. The second-order valence-electron chi connectivity index (χ2n) is 7.43. The van der Waals surface area contributed by atoms with E-state index in [-0.39, 0.29) is 29.5 Å². The Balaban J connectivity index is 0.00000261. The zero-order chi connectivity index (χ0) is 18.2. The van der Waals surface area contributed by atoms with Gasteiger partial charge in [-0.15, -0.1) is 24.0 Å². The number of guanidine groups is 1. The van der Waals surface area contributed by atoms with E-state index in [9.17, 15) is 0 Å². The molecule has 1 aromatic heterocycles. The lowest BCUT2D eigenvalue weighted by Crippen LogP contribution is -2.60. The average molecular weight is 487 g/mol. The van der Waals surface area contributed by atoms with E-state index in [2.05, 4.69) is 38.5 Å². The van der Waals surface area contributed by atoms with Crippen LogP contribution in [-0.4, -0.2) is 61.3 Å². The van der Waals surface area contributed by atoms with Crippen molar-refractivity contribution in [2.75, 3.05) is 39.9 Å². The van der Waals surface area contributed by atoms with Gasteiger partial charge in [0.2, 0.25) is 0 Å². The van der Waals surface area contributed by atoms with Crippen molar-refractivity contribution in [3.05, 3.63) is 29.6 Å². The lowest BCUT2D eigenvalue weighted by Gasteiger charge is -2.48. The maximum atomic E-state index is 5.58. The summed E-state index contributed by atoms with van der Waals surface area (Å²) >= 11 is 0. The first-order valence-corrected chi connectivity index (χ1v) is 9.91. The Morgan fingerprint density at radius 3 is 2.63 bits per heavy atom. The van der Waals surface area contributed by atoms with Crippen LogP contribution in [0.25, 0.3) is 0 Å². The molecule has 1 aromatic rings. The highest BCUT2D eigenvalue weighted by atomic mass is 127. The number of nitrogens with zero attached hydrogens (tertiary/aromatic N) is 3. The summed E-state index contributed by atoms with van der Waals surface area (Å²) in [5.74, 6) is 0.855. The molecule has 0 unspecified atom stereocenters. The van der Waals surface area contributed by atoms with Crippen molar-refractivity contribution in [1.82, 2.24) is 20.5 Å². The minimum atomic E-state index is 0. The number of pyridine rings is 1. The zero-order valence-corrected chi connectivity index (χ0v) is 19.0. The number of hydrogen-bond acceptors (Lipinski definition) is 4. The molecule has 0 spiro atoms. The molecule has 1 saturated carbocycles. The van der Waals surface area contributed by atoms with E-state index < -0.39 is 0 Å². The molecule has 0 aromatic carbocycles. The quantitative estimate of drug-likeness (QED) is 0.380. The van der Waals surface area contributed by atoms with Crippen molar-refractivity contribution in [1.29, 1.82) is 0 Å². The summed E-state index contributed by atoms with van der Waals surface area (Å²) in [6.07, 6.45) is 8.36. The molecular weight excluding hydrogens is 453 g/mol. The number of aliphatic imine (C=N–C) groups is 1. The molecule has 6 nitrogen and oxygen atoms in total.